The fraction of sp³-hybridized carbons (Fsp3) is 0.409. The normalized spacial score (nSPS) is 16.2. The molecule has 31 heavy (non-hydrogen) atoms. The number of nitrogens with zero attached hydrogens (tertiary/aromatic N) is 4. The Morgan fingerprint density at radius 3 is 2.68 bits per heavy atom. The minimum atomic E-state index is -0.894. The van der Waals surface area contributed by atoms with Crippen molar-refractivity contribution in [3.05, 3.63) is 53.1 Å². The van der Waals surface area contributed by atoms with Crippen LogP contribution in [0.1, 0.15) is 28.4 Å². The lowest BCUT2D eigenvalue weighted by Gasteiger charge is -2.38. The minimum Gasteiger partial charge on any atom is -0.473 e. The number of rotatable bonds is 6. The second-order valence-corrected chi connectivity index (χ2v) is 7.52. The topological polar surface area (TPSA) is 95.4 Å². The first-order valence-corrected chi connectivity index (χ1v) is 10.1. The summed E-state index contributed by atoms with van der Waals surface area (Å²) >= 11 is 0. The van der Waals surface area contributed by atoms with E-state index >= 15 is 0 Å². The van der Waals surface area contributed by atoms with Crippen molar-refractivity contribution >= 4 is 17.8 Å². The molecule has 1 saturated heterocycles. The molecule has 9 heteroatoms. The number of carbonyl (C=O) groups excluding carboxylic acids is 1. The maximum Gasteiger partial charge on any atom is 0.407 e. The Hall–Kier alpha value is -3.33. The average molecular weight is 428 g/mol. The smallest absolute Gasteiger partial charge is 0.407 e. The molecule has 1 aliphatic heterocycles. The molecule has 2 aromatic rings. The lowest BCUT2D eigenvalue weighted by Crippen LogP contribution is -2.53. The Balaban J connectivity index is 1.64. The second-order valence-electron chi connectivity index (χ2n) is 7.52. The third-order valence-electron chi connectivity index (χ3n) is 5.43. The fourth-order valence-corrected chi connectivity index (χ4v) is 3.52. The van der Waals surface area contributed by atoms with Gasteiger partial charge in [0.15, 0.2) is 0 Å². The molecule has 9 nitrogen and oxygen atoms in total. The van der Waals surface area contributed by atoms with Crippen LogP contribution in [0.4, 0.5) is 10.6 Å². The molecule has 0 spiro atoms. The number of hydroxylamine groups is 2. The average Bonchev–Trinajstić information content (AvgIpc) is 2.77. The van der Waals surface area contributed by atoms with E-state index in [9.17, 15) is 14.7 Å². The van der Waals surface area contributed by atoms with Crippen molar-refractivity contribution in [3.63, 3.8) is 0 Å². The highest BCUT2D eigenvalue weighted by Crippen LogP contribution is 2.21. The fourth-order valence-electron chi connectivity index (χ4n) is 3.52. The van der Waals surface area contributed by atoms with Crippen LogP contribution in [-0.2, 0) is 11.4 Å². The van der Waals surface area contributed by atoms with Gasteiger partial charge in [-0.25, -0.2) is 9.86 Å². The summed E-state index contributed by atoms with van der Waals surface area (Å²) in [5.74, 6) is 1.03. The van der Waals surface area contributed by atoms with Crippen molar-refractivity contribution in [1.82, 2.24) is 14.9 Å². The van der Waals surface area contributed by atoms with Gasteiger partial charge in [-0.3, -0.25) is 9.63 Å². The molecule has 0 saturated carbocycles. The molecule has 1 fully saturated rings. The van der Waals surface area contributed by atoms with Crippen molar-refractivity contribution in [2.24, 2.45) is 0 Å². The van der Waals surface area contributed by atoms with Crippen LogP contribution in [0.25, 0.3) is 0 Å². The SMILES string of the molecule is CON(C)C(=O)c1ccc(COc2cccc(N3CCN(C(=O)O)[C@@H](C)C3)n2)c(C)c1. The van der Waals surface area contributed by atoms with Gasteiger partial charge in [0.25, 0.3) is 5.91 Å². The highest BCUT2D eigenvalue weighted by molar-refractivity contribution is 5.93. The van der Waals surface area contributed by atoms with E-state index < -0.39 is 6.09 Å². The number of benzene rings is 1. The number of pyridine rings is 1. The van der Waals surface area contributed by atoms with Crippen LogP contribution in [0.2, 0.25) is 0 Å². The van der Waals surface area contributed by atoms with Crippen LogP contribution >= 0.6 is 0 Å². The van der Waals surface area contributed by atoms with Crippen molar-refractivity contribution < 1.29 is 24.3 Å². The molecular formula is C22H28N4O5. The van der Waals surface area contributed by atoms with E-state index in [-0.39, 0.29) is 11.9 Å². The van der Waals surface area contributed by atoms with Crippen LogP contribution in [0, 0.1) is 6.92 Å². The first-order valence-electron chi connectivity index (χ1n) is 10.1. The van der Waals surface area contributed by atoms with Gasteiger partial charge in [-0.2, -0.15) is 4.98 Å². The Kier molecular flexibility index (Phi) is 6.96. The Labute approximate surface area is 181 Å². The Morgan fingerprint density at radius 1 is 1.26 bits per heavy atom. The molecule has 1 N–H and O–H groups in total. The summed E-state index contributed by atoms with van der Waals surface area (Å²) in [6.07, 6.45) is -0.894. The summed E-state index contributed by atoms with van der Waals surface area (Å²) in [6, 6.07) is 10.9. The second kappa shape index (κ2) is 9.65. The number of amides is 2. The number of hydrogen-bond donors (Lipinski definition) is 1. The molecule has 1 atom stereocenters. The highest BCUT2D eigenvalue weighted by Gasteiger charge is 2.27. The number of piperazine rings is 1. The standard InChI is InChI=1S/C22H28N4O5/c1-15-12-17(21(27)24(3)30-4)8-9-18(15)14-31-20-7-5-6-19(23-20)25-10-11-26(22(28)29)16(2)13-25/h5-9,12,16H,10-11,13-14H2,1-4H3,(H,28,29)/t16-/m0/s1. The van der Waals surface area contributed by atoms with E-state index in [0.29, 0.717) is 37.7 Å². The van der Waals surface area contributed by atoms with Gasteiger partial charge in [0.1, 0.15) is 12.4 Å². The Bertz CT molecular complexity index is 951. The third kappa shape index (κ3) is 5.24. The van der Waals surface area contributed by atoms with Crippen LogP contribution in [0.5, 0.6) is 5.88 Å². The van der Waals surface area contributed by atoms with Crippen molar-refractivity contribution in [3.8, 4) is 5.88 Å². The van der Waals surface area contributed by atoms with Gasteiger partial charge in [-0.15, -0.1) is 0 Å². The van der Waals surface area contributed by atoms with Crippen LogP contribution in [0.15, 0.2) is 36.4 Å². The number of anilines is 1. The zero-order chi connectivity index (χ0) is 22.5. The maximum absolute atomic E-state index is 12.2. The lowest BCUT2D eigenvalue weighted by atomic mass is 10.1. The zero-order valence-electron chi connectivity index (χ0n) is 18.2. The van der Waals surface area contributed by atoms with E-state index in [1.165, 1.54) is 17.1 Å². The summed E-state index contributed by atoms with van der Waals surface area (Å²) in [4.78, 5) is 36.5. The van der Waals surface area contributed by atoms with Crippen LogP contribution in [-0.4, -0.2) is 71.9 Å². The number of aromatic nitrogens is 1. The molecule has 1 aliphatic rings. The van der Waals surface area contributed by atoms with Gasteiger partial charge >= 0.3 is 6.09 Å². The zero-order valence-corrected chi connectivity index (χ0v) is 18.2. The van der Waals surface area contributed by atoms with Crippen molar-refractivity contribution in [1.29, 1.82) is 0 Å². The number of aryl methyl sites for hydroxylation is 1. The third-order valence-corrected chi connectivity index (χ3v) is 5.43. The monoisotopic (exact) mass is 428 g/mol. The molecule has 0 bridgehead atoms. The molecule has 0 radical (unpaired) electrons. The first kappa shape index (κ1) is 22.4. The first-order chi connectivity index (χ1) is 14.8. The quantitative estimate of drug-likeness (QED) is 0.707. The van der Waals surface area contributed by atoms with Crippen LogP contribution in [0.3, 0.4) is 0 Å². The molecule has 1 aromatic carbocycles. The summed E-state index contributed by atoms with van der Waals surface area (Å²) in [5, 5.41) is 10.4. The van der Waals surface area contributed by atoms with Gasteiger partial charge < -0.3 is 19.6 Å². The van der Waals surface area contributed by atoms with Gasteiger partial charge in [0.2, 0.25) is 5.88 Å². The van der Waals surface area contributed by atoms with Gasteiger partial charge in [-0.1, -0.05) is 12.1 Å². The molecule has 2 amide bonds. The number of carboxylic acid groups (broad SMARTS) is 1. The molecule has 3 rings (SSSR count). The molecular weight excluding hydrogens is 400 g/mol. The molecule has 1 aromatic heterocycles. The molecule has 2 heterocycles. The van der Waals surface area contributed by atoms with E-state index in [2.05, 4.69) is 9.88 Å². The van der Waals surface area contributed by atoms with E-state index in [4.69, 9.17) is 9.57 Å². The summed E-state index contributed by atoms with van der Waals surface area (Å²) in [7, 11) is 3.01. The summed E-state index contributed by atoms with van der Waals surface area (Å²) in [5.41, 5.74) is 2.43. The van der Waals surface area contributed by atoms with E-state index in [1.54, 1.807) is 19.2 Å². The van der Waals surface area contributed by atoms with Crippen molar-refractivity contribution in [2.75, 3.05) is 38.7 Å². The molecule has 0 aliphatic carbocycles. The van der Waals surface area contributed by atoms with Crippen LogP contribution < -0.4 is 9.64 Å². The predicted octanol–water partition coefficient (Wildman–Crippen LogP) is 2.79. The minimum absolute atomic E-state index is 0.112. The van der Waals surface area contributed by atoms with Gasteiger partial charge in [0.05, 0.1) is 7.11 Å². The highest BCUT2D eigenvalue weighted by atomic mass is 16.7. The van der Waals surface area contributed by atoms with E-state index in [0.717, 1.165) is 16.9 Å². The molecule has 166 valence electrons. The predicted molar refractivity (Wildman–Crippen MR) is 115 cm³/mol. The summed E-state index contributed by atoms with van der Waals surface area (Å²) < 4.78 is 5.90. The lowest BCUT2D eigenvalue weighted by molar-refractivity contribution is -0.0757. The van der Waals surface area contributed by atoms with E-state index in [1.807, 2.05) is 38.1 Å². The maximum atomic E-state index is 12.2. The number of carbonyl (C=O) groups is 2. The van der Waals surface area contributed by atoms with Gasteiger partial charge in [0, 0.05) is 44.4 Å². The van der Waals surface area contributed by atoms with Crippen molar-refractivity contribution in [2.45, 2.75) is 26.5 Å². The Morgan fingerprint density at radius 2 is 2.03 bits per heavy atom. The summed E-state index contributed by atoms with van der Waals surface area (Å²) in [6.45, 7) is 5.73. The largest absolute Gasteiger partial charge is 0.473 e. The number of hydrogen-bond acceptors (Lipinski definition) is 6. The van der Waals surface area contributed by atoms with Gasteiger partial charge in [-0.05, 0) is 43.2 Å². The molecule has 0 unspecified atom stereocenters. The number of ether oxygens (including phenoxy) is 1.